The van der Waals surface area contributed by atoms with Gasteiger partial charge < -0.3 is 9.84 Å². The average Bonchev–Trinajstić information content (AvgIpc) is 2.76. The molecule has 7 heteroatoms. The SMILES string of the molecule is Cc1cc(C)cc(S(=O)(=O)NC2(C(=O)O)CCOC2)c1. The van der Waals surface area contributed by atoms with E-state index >= 15 is 0 Å². The van der Waals surface area contributed by atoms with Gasteiger partial charge in [0.25, 0.3) is 0 Å². The number of ether oxygens (including phenoxy) is 1. The first-order valence-electron chi connectivity index (χ1n) is 6.19. The van der Waals surface area contributed by atoms with Crippen LogP contribution in [0.3, 0.4) is 0 Å². The van der Waals surface area contributed by atoms with Crippen molar-refractivity contribution in [1.29, 1.82) is 0 Å². The number of nitrogens with one attached hydrogen (secondary N) is 1. The maximum atomic E-state index is 12.4. The van der Waals surface area contributed by atoms with Gasteiger partial charge in [0.05, 0.1) is 11.5 Å². The van der Waals surface area contributed by atoms with Gasteiger partial charge in [0.15, 0.2) is 5.54 Å². The number of carboxylic acids is 1. The van der Waals surface area contributed by atoms with Gasteiger partial charge in [-0.15, -0.1) is 0 Å². The summed E-state index contributed by atoms with van der Waals surface area (Å²) in [5.41, 5.74) is 0.0334. The van der Waals surface area contributed by atoms with Crippen LogP contribution in [0.25, 0.3) is 0 Å². The maximum absolute atomic E-state index is 12.4. The van der Waals surface area contributed by atoms with E-state index in [1.165, 1.54) is 12.1 Å². The van der Waals surface area contributed by atoms with Crippen LogP contribution in [0.1, 0.15) is 17.5 Å². The van der Waals surface area contributed by atoms with Crippen LogP contribution in [-0.4, -0.2) is 38.2 Å². The molecular weight excluding hydrogens is 282 g/mol. The van der Waals surface area contributed by atoms with Gasteiger partial charge in [-0.3, -0.25) is 4.79 Å². The number of aliphatic carboxylic acids is 1. The van der Waals surface area contributed by atoms with E-state index in [9.17, 15) is 18.3 Å². The Morgan fingerprint density at radius 1 is 1.30 bits per heavy atom. The molecule has 0 spiro atoms. The molecule has 1 saturated heterocycles. The fourth-order valence-corrected chi connectivity index (χ4v) is 3.82. The summed E-state index contributed by atoms with van der Waals surface area (Å²) >= 11 is 0. The van der Waals surface area contributed by atoms with Gasteiger partial charge in [-0.25, -0.2) is 8.42 Å². The summed E-state index contributed by atoms with van der Waals surface area (Å²) in [6.07, 6.45) is 0.117. The minimum atomic E-state index is -3.90. The van der Waals surface area contributed by atoms with E-state index in [4.69, 9.17) is 4.74 Å². The average molecular weight is 299 g/mol. The first kappa shape index (κ1) is 15.0. The molecule has 2 rings (SSSR count). The molecule has 1 fully saturated rings. The predicted octanol–water partition coefficient (Wildman–Crippen LogP) is 0.825. The number of carbonyl (C=O) groups is 1. The minimum absolute atomic E-state index is 0.0718. The van der Waals surface area contributed by atoms with E-state index in [-0.39, 0.29) is 24.5 Å². The van der Waals surface area contributed by atoms with Crippen LogP contribution < -0.4 is 4.72 Å². The number of hydrogen-bond acceptors (Lipinski definition) is 4. The fourth-order valence-electron chi connectivity index (χ4n) is 2.26. The third-order valence-corrected chi connectivity index (χ3v) is 4.78. The van der Waals surface area contributed by atoms with Crippen LogP contribution in [0.15, 0.2) is 23.1 Å². The molecule has 0 aromatic heterocycles. The van der Waals surface area contributed by atoms with Crippen LogP contribution in [-0.2, 0) is 19.6 Å². The Hall–Kier alpha value is -1.44. The van der Waals surface area contributed by atoms with Crippen molar-refractivity contribution in [3.05, 3.63) is 29.3 Å². The summed E-state index contributed by atoms with van der Waals surface area (Å²) < 4.78 is 32.1. The van der Waals surface area contributed by atoms with Crippen molar-refractivity contribution in [1.82, 2.24) is 4.72 Å². The second kappa shape index (κ2) is 5.16. The summed E-state index contributed by atoms with van der Waals surface area (Å²) in [7, 11) is -3.90. The Labute approximate surface area is 117 Å². The monoisotopic (exact) mass is 299 g/mol. The molecule has 1 atom stereocenters. The molecule has 0 radical (unpaired) electrons. The Kier molecular flexibility index (Phi) is 3.86. The molecule has 6 nitrogen and oxygen atoms in total. The number of carboxylic acid groups (broad SMARTS) is 1. The normalized spacial score (nSPS) is 22.9. The number of hydrogen-bond donors (Lipinski definition) is 2. The van der Waals surface area contributed by atoms with Gasteiger partial charge in [-0.1, -0.05) is 6.07 Å². The number of sulfonamides is 1. The van der Waals surface area contributed by atoms with Crippen molar-refractivity contribution in [3.8, 4) is 0 Å². The molecular formula is C13H17NO5S. The topological polar surface area (TPSA) is 92.7 Å². The Morgan fingerprint density at radius 2 is 1.90 bits per heavy atom. The molecule has 0 bridgehead atoms. The van der Waals surface area contributed by atoms with Crippen molar-refractivity contribution in [3.63, 3.8) is 0 Å². The van der Waals surface area contributed by atoms with Crippen LogP contribution in [0.5, 0.6) is 0 Å². The molecule has 20 heavy (non-hydrogen) atoms. The lowest BCUT2D eigenvalue weighted by Crippen LogP contribution is -2.55. The van der Waals surface area contributed by atoms with E-state index in [2.05, 4.69) is 4.72 Å². The lowest BCUT2D eigenvalue weighted by molar-refractivity contribution is -0.144. The molecule has 1 aromatic rings. The largest absolute Gasteiger partial charge is 0.480 e. The Bertz CT molecular complexity index is 612. The molecule has 110 valence electrons. The van der Waals surface area contributed by atoms with E-state index in [1.54, 1.807) is 13.8 Å². The summed E-state index contributed by atoms with van der Waals surface area (Å²) in [5, 5.41) is 9.28. The highest BCUT2D eigenvalue weighted by Gasteiger charge is 2.46. The number of benzene rings is 1. The number of rotatable bonds is 4. The second-order valence-electron chi connectivity index (χ2n) is 5.12. The molecule has 0 aliphatic carbocycles. The van der Waals surface area contributed by atoms with Gasteiger partial charge in [0, 0.05) is 13.0 Å². The summed E-state index contributed by atoms with van der Waals surface area (Å²) in [5.74, 6) is -1.22. The second-order valence-corrected chi connectivity index (χ2v) is 6.80. The van der Waals surface area contributed by atoms with Gasteiger partial charge in [-0.05, 0) is 37.1 Å². The van der Waals surface area contributed by atoms with Crippen molar-refractivity contribution < 1.29 is 23.1 Å². The maximum Gasteiger partial charge on any atom is 0.327 e. The highest BCUT2D eigenvalue weighted by molar-refractivity contribution is 7.89. The quantitative estimate of drug-likeness (QED) is 0.859. The summed E-state index contributed by atoms with van der Waals surface area (Å²) in [6, 6.07) is 4.88. The lowest BCUT2D eigenvalue weighted by atomic mass is 10.0. The fraction of sp³-hybridized carbons (Fsp3) is 0.462. The van der Waals surface area contributed by atoms with Crippen LogP contribution >= 0.6 is 0 Å². The standard InChI is InChI=1S/C13H17NO5S/c1-9-5-10(2)7-11(6-9)20(17,18)14-13(12(15)16)3-4-19-8-13/h5-7,14H,3-4,8H2,1-2H3,(H,15,16). The summed E-state index contributed by atoms with van der Waals surface area (Å²) in [6.45, 7) is 3.64. The van der Waals surface area contributed by atoms with Crippen LogP contribution in [0.2, 0.25) is 0 Å². The molecule has 1 heterocycles. The third kappa shape index (κ3) is 2.84. The van der Waals surface area contributed by atoms with Crippen LogP contribution in [0.4, 0.5) is 0 Å². The molecule has 0 saturated carbocycles. The highest BCUT2D eigenvalue weighted by atomic mass is 32.2. The molecule has 0 amide bonds. The van der Waals surface area contributed by atoms with Crippen molar-refractivity contribution in [2.24, 2.45) is 0 Å². The van der Waals surface area contributed by atoms with Gasteiger partial charge in [0.1, 0.15) is 0 Å². The Balaban J connectivity index is 2.38. The van der Waals surface area contributed by atoms with E-state index in [0.717, 1.165) is 11.1 Å². The van der Waals surface area contributed by atoms with Crippen molar-refractivity contribution in [2.75, 3.05) is 13.2 Å². The summed E-state index contributed by atoms with van der Waals surface area (Å²) in [4.78, 5) is 11.4. The van der Waals surface area contributed by atoms with E-state index in [1.807, 2.05) is 6.07 Å². The highest BCUT2D eigenvalue weighted by Crippen LogP contribution is 2.23. The minimum Gasteiger partial charge on any atom is -0.480 e. The Morgan fingerprint density at radius 3 is 2.35 bits per heavy atom. The smallest absolute Gasteiger partial charge is 0.327 e. The van der Waals surface area contributed by atoms with E-state index in [0.29, 0.717) is 0 Å². The molecule has 1 aromatic carbocycles. The zero-order valence-corrected chi connectivity index (χ0v) is 12.2. The first-order chi connectivity index (χ1) is 9.25. The zero-order chi connectivity index (χ0) is 15.0. The van der Waals surface area contributed by atoms with Crippen LogP contribution in [0, 0.1) is 13.8 Å². The third-order valence-electron chi connectivity index (χ3n) is 3.27. The van der Waals surface area contributed by atoms with Crippen molar-refractivity contribution >= 4 is 16.0 Å². The van der Waals surface area contributed by atoms with Gasteiger partial charge in [0.2, 0.25) is 10.0 Å². The molecule has 1 unspecified atom stereocenters. The molecule has 2 N–H and O–H groups in total. The van der Waals surface area contributed by atoms with Gasteiger partial charge in [-0.2, -0.15) is 4.72 Å². The zero-order valence-electron chi connectivity index (χ0n) is 11.3. The lowest BCUT2D eigenvalue weighted by Gasteiger charge is -2.23. The molecule has 1 aliphatic rings. The van der Waals surface area contributed by atoms with E-state index < -0.39 is 21.5 Å². The number of aryl methyl sites for hydroxylation is 2. The first-order valence-corrected chi connectivity index (χ1v) is 7.67. The predicted molar refractivity (Wildman–Crippen MR) is 72.0 cm³/mol. The van der Waals surface area contributed by atoms with Gasteiger partial charge >= 0.3 is 5.97 Å². The molecule has 1 aliphatic heterocycles. The van der Waals surface area contributed by atoms with Crippen molar-refractivity contribution in [2.45, 2.75) is 30.7 Å².